The Labute approximate surface area is 159 Å². The summed E-state index contributed by atoms with van der Waals surface area (Å²) in [5, 5.41) is 21.2. The lowest BCUT2D eigenvalue weighted by Gasteiger charge is -2.05. The van der Waals surface area contributed by atoms with Crippen LogP contribution in [0.25, 0.3) is 6.08 Å². The van der Waals surface area contributed by atoms with Crippen LogP contribution >= 0.6 is 11.8 Å². The maximum absolute atomic E-state index is 11.9. The number of ether oxygens (including phenoxy) is 2. The third-order valence-corrected chi connectivity index (χ3v) is 4.47. The zero-order chi connectivity index (χ0) is 19.8. The summed E-state index contributed by atoms with van der Waals surface area (Å²) in [4.78, 5) is 27.3. The van der Waals surface area contributed by atoms with Gasteiger partial charge in [0.1, 0.15) is 18.2 Å². The number of nitrogens with zero attached hydrogens (tertiary/aromatic N) is 4. The molecule has 140 valence electrons. The molecule has 2 rings (SSSR count). The number of nitro groups is 1. The number of nitriles is 1. The summed E-state index contributed by atoms with van der Waals surface area (Å²) < 4.78 is 11.4. The topological polar surface area (TPSA) is 120 Å². The number of aromatic nitrogens is 2. The Bertz CT molecular complexity index is 916. The highest BCUT2D eigenvalue weighted by Gasteiger charge is 2.18. The Morgan fingerprint density at radius 2 is 2.26 bits per heavy atom. The molecule has 0 aliphatic heterocycles. The fourth-order valence-corrected chi connectivity index (χ4v) is 2.89. The van der Waals surface area contributed by atoms with E-state index in [4.69, 9.17) is 14.7 Å². The number of nitro benzene ring substituents is 1. The maximum Gasteiger partial charge on any atom is 0.348 e. The van der Waals surface area contributed by atoms with E-state index in [1.54, 1.807) is 42.2 Å². The van der Waals surface area contributed by atoms with Crippen LogP contribution in [0.15, 0.2) is 46.2 Å². The highest BCUT2D eigenvalue weighted by Crippen LogP contribution is 2.34. The van der Waals surface area contributed by atoms with Crippen molar-refractivity contribution < 1.29 is 19.2 Å². The van der Waals surface area contributed by atoms with Crippen LogP contribution in [0.2, 0.25) is 0 Å². The number of esters is 1. The van der Waals surface area contributed by atoms with E-state index in [1.807, 2.05) is 0 Å². The van der Waals surface area contributed by atoms with Gasteiger partial charge in [-0.15, -0.1) is 0 Å². The summed E-state index contributed by atoms with van der Waals surface area (Å²) in [6.45, 7) is 0.211. The van der Waals surface area contributed by atoms with E-state index >= 15 is 0 Å². The predicted octanol–water partition coefficient (Wildman–Crippen LogP) is 2.58. The van der Waals surface area contributed by atoms with E-state index in [1.165, 1.54) is 19.3 Å². The Morgan fingerprint density at radius 3 is 2.85 bits per heavy atom. The minimum absolute atomic E-state index is 0.00768. The SMILES string of the molecule is COCCOC(=O)/C(C#N)=C/c1ccc(Sc2nccn2C)c([N+](=O)[O-])c1. The van der Waals surface area contributed by atoms with Gasteiger partial charge in [-0.3, -0.25) is 10.1 Å². The smallest absolute Gasteiger partial charge is 0.348 e. The first-order valence-electron chi connectivity index (χ1n) is 7.67. The second-order valence-electron chi connectivity index (χ2n) is 5.21. The fourth-order valence-electron chi connectivity index (χ4n) is 2.00. The fraction of sp³-hybridized carbons (Fsp3) is 0.235. The number of hydrogen-bond donors (Lipinski definition) is 0. The van der Waals surface area contributed by atoms with Crippen molar-refractivity contribution in [2.24, 2.45) is 7.05 Å². The molecule has 10 heteroatoms. The number of benzene rings is 1. The average Bonchev–Trinajstić information content (AvgIpc) is 3.05. The van der Waals surface area contributed by atoms with Gasteiger partial charge in [0.15, 0.2) is 5.16 Å². The van der Waals surface area contributed by atoms with Gasteiger partial charge in [0, 0.05) is 32.6 Å². The van der Waals surface area contributed by atoms with Gasteiger partial charge in [-0.2, -0.15) is 5.26 Å². The van der Waals surface area contributed by atoms with Crippen LogP contribution in [0.4, 0.5) is 5.69 Å². The lowest BCUT2D eigenvalue weighted by Crippen LogP contribution is -2.11. The summed E-state index contributed by atoms with van der Waals surface area (Å²) in [6.07, 6.45) is 4.58. The molecule has 0 fully saturated rings. The molecule has 0 N–H and O–H groups in total. The molecule has 1 aromatic carbocycles. The first-order chi connectivity index (χ1) is 13.0. The molecule has 0 aliphatic carbocycles. The third kappa shape index (κ3) is 5.40. The highest BCUT2D eigenvalue weighted by molar-refractivity contribution is 7.99. The molecule has 0 saturated heterocycles. The number of methoxy groups -OCH3 is 1. The Morgan fingerprint density at radius 1 is 1.48 bits per heavy atom. The summed E-state index contributed by atoms with van der Waals surface area (Å²) in [5.74, 6) is -0.816. The summed E-state index contributed by atoms with van der Waals surface area (Å²) in [5.41, 5.74) is -0.0715. The van der Waals surface area contributed by atoms with Crippen LogP contribution in [0, 0.1) is 21.4 Å². The molecule has 1 aromatic heterocycles. The lowest BCUT2D eigenvalue weighted by atomic mass is 10.1. The minimum atomic E-state index is -0.816. The number of rotatable bonds is 8. The van der Waals surface area contributed by atoms with Crippen molar-refractivity contribution in [1.29, 1.82) is 5.26 Å². The third-order valence-electron chi connectivity index (χ3n) is 3.33. The molecule has 0 unspecified atom stereocenters. The first kappa shape index (κ1) is 20.2. The molecular weight excluding hydrogens is 372 g/mol. The van der Waals surface area contributed by atoms with Gasteiger partial charge >= 0.3 is 5.97 Å². The minimum Gasteiger partial charge on any atom is -0.459 e. The second kappa shape index (κ2) is 9.51. The number of imidazole rings is 1. The molecule has 0 atom stereocenters. The number of carbonyl (C=O) groups is 1. The van der Waals surface area contributed by atoms with E-state index in [0.717, 1.165) is 11.8 Å². The van der Waals surface area contributed by atoms with Crippen molar-refractivity contribution in [1.82, 2.24) is 9.55 Å². The number of aryl methyl sites for hydroxylation is 1. The molecule has 0 radical (unpaired) electrons. The van der Waals surface area contributed by atoms with Crippen molar-refractivity contribution in [2.75, 3.05) is 20.3 Å². The maximum atomic E-state index is 11.9. The van der Waals surface area contributed by atoms with Crippen LogP contribution in [-0.2, 0) is 21.3 Å². The molecule has 9 nitrogen and oxygen atoms in total. The zero-order valence-corrected chi connectivity index (χ0v) is 15.4. The summed E-state index contributed by atoms with van der Waals surface area (Å²) in [6, 6.07) is 6.17. The Hall–Kier alpha value is -3.16. The molecule has 27 heavy (non-hydrogen) atoms. The van der Waals surface area contributed by atoms with Crippen molar-refractivity contribution in [3.05, 3.63) is 51.8 Å². The summed E-state index contributed by atoms with van der Waals surface area (Å²) >= 11 is 1.15. The van der Waals surface area contributed by atoms with Gasteiger partial charge in [0.25, 0.3) is 5.69 Å². The highest BCUT2D eigenvalue weighted by atomic mass is 32.2. The van der Waals surface area contributed by atoms with Gasteiger partial charge in [-0.1, -0.05) is 6.07 Å². The van der Waals surface area contributed by atoms with Gasteiger partial charge in [0.2, 0.25) is 0 Å². The monoisotopic (exact) mass is 388 g/mol. The largest absolute Gasteiger partial charge is 0.459 e. The molecular formula is C17H16N4O5S. The molecule has 2 aromatic rings. The van der Waals surface area contributed by atoms with E-state index in [-0.39, 0.29) is 24.5 Å². The van der Waals surface area contributed by atoms with E-state index in [9.17, 15) is 14.9 Å². The van der Waals surface area contributed by atoms with Gasteiger partial charge in [-0.25, -0.2) is 9.78 Å². The number of carbonyl (C=O) groups excluding carboxylic acids is 1. The van der Waals surface area contributed by atoms with Gasteiger partial charge in [0.05, 0.1) is 16.4 Å². The van der Waals surface area contributed by atoms with Gasteiger partial charge in [-0.05, 0) is 29.5 Å². The molecule has 0 aliphatic rings. The molecule has 0 spiro atoms. The van der Waals surface area contributed by atoms with Crippen LogP contribution in [0.5, 0.6) is 0 Å². The Balaban J connectivity index is 2.28. The van der Waals surface area contributed by atoms with Gasteiger partial charge < -0.3 is 14.0 Å². The second-order valence-corrected chi connectivity index (χ2v) is 6.21. The quantitative estimate of drug-likeness (QED) is 0.169. The average molecular weight is 388 g/mol. The van der Waals surface area contributed by atoms with E-state index in [2.05, 4.69) is 4.98 Å². The molecule has 0 saturated carbocycles. The zero-order valence-electron chi connectivity index (χ0n) is 14.6. The van der Waals surface area contributed by atoms with Crippen LogP contribution < -0.4 is 0 Å². The normalized spacial score (nSPS) is 11.1. The van der Waals surface area contributed by atoms with Crippen molar-refractivity contribution in [3.63, 3.8) is 0 Å². The molecule has 1 heterocycles. The molecule has 0 amide bonds. The first-order valence-corrected chi connectivity index (χ1v) is 8.49. The van der Waals surface area contributed by atoms with Crippen LogP contribution in [0.3, 0.4) is 0 Å². The number of hydrogen-bond acceptors (Lipinski definition) is 8. The van der Waals surface area contributed by atoms with Crippen molar-refractivity contribution in [3.8, 4) is 6.07 Å². The van der Waals surface area contributed by atoms with E-state index in [0.29, 0.717) is 15.6 Å². The standard InChI is InChI=1S/C17H16N4O5S/c1-20-6-5-19-17(20)27-15-4-3-12(10-14(15)21(23)24)9-13(11-18)16(22)26-8-7-25-2/h3-6,9-10H,7-8H2,1-2H3/b13-9+. The van der Waals surface area contributed by atoms with E-state index < -0.39 is 10.9 Å². The lowest BCUT2D eigenvalue weighted by molar-refractivity contribution is -0.387. The van der Waals surface area contributed by atoms with Crippen LogP contribution in [-0.4, -0.2) is 40.8 Å². The summed E-state index contributed by atoms with van der Waals surface area (Å²) in [7, 11) is 3.24. The van der Waals surface area contributed by atoms with Crippen molar-refractivity contribution >= 4 is 29.5 Å². The predicted molar refractivity (Wildman–Crippen MR) is 96.9 cm³/mol. The van der Waals surface area contributed by atoms with Crippen LogP contribution in [0.1, 0.15) is 5.56 Å². The Kier molecular flexibility index (Phi) is 7.10. The van der Waals surface area contributed by atoms with Crippen molar-refractivity contribution in [2.45, 2.75) is 10.1 Å². The molecule has 0 bridgehead atoms.